The van der Waals surface area contributed by atoms with Crippen molar-refractivity contribution >= 4 is 17.8 Å². The van der Waals surface area contributed by atoms with E-state index < -0.39 is 11.6 Å². The lowest BCUT2D eigenvalue weighted by Gasteiger charge is -2.43. The summed E-state index contributed by atoms with van der Waals surface area (Å²) < 4.78 is 0. The predicted molar refractivity (Wildman–Crippen MR) is 125 cm³/mol. The van der Waals surface area contributed by atoms with Crippen LogP contribution in [0.25, 0.3) is 0 Å². The molecule has 1 aromatic rings. The summed E-state index contributed by atoms with van der Waals surface area (Å²) in [7, 11) is 2.07. The van der Waals surface area contributed by atoms with Crippen molar-refractivity contribution in [2.75, 3.05) is 13.6 Å². The zero-order valence-electron chi connectivity index (χ0n) is 20.3. The number of benzene rings is 1. The molecule has 1 aliphatic carbocycles. The van der Waals surface area contributed by atoms with Crippen LogP contribution in [0, 0.1) is 11.3 Å². The van der Waals surface area contributed by atoms with Gasteiger partial charge in [0.2, 0.25) is 5.91 Å². The summed E-state index contributed by atoms with van der Waals surface area (Å²) in [6.07, 6.45) is 2.24. The number of hydrogen-bond acceptors (Lipinski definition) is 4. The molecule has 0 radical (unpaired) electrons. The number of carbonyl (C=O) groups excluding carboxylic acids is 3. The molecule has 1 aliphatic heterocycles. The summed E-state index contributed by atoms with van der Waals surface area (Å²) in [5, 5.41) is 5.82. The molecule has 2 atom stereocenters. The first-order chi connectivity index (χ1) is 14.9. The van der Waals surface area contributed by atoms with Crippen molar-refractivity contribution in [1.29, 1.82) is 0 Å². The van der Waals surface area contributed by atoms with Gasteiger partial charge in [-0.3, -0.25) is 19.4 Å². The van der Waals surface area contributed by atoms with E-state index in [1.165, 1.54) is 0 Å². The maximum atomic E-state index is 13.2. The Bertz CT molecular complexity index is 882. The molecule has 0 bridgehead atoms. The Morgan fingerprint density at radius 3 is 2.50 bits per heavy atom. The summed E-state index contributed by atoms with van der Waals surface area (Å²) in [6.45, 7) is 11.6. The molecule has 1 saturated carbocycles. The van der Waals surface area contributed by atoms with Gasteiger partial charge in [-0.1, -0.05) is 45.0 Å². The Hall–Kier alpha value is -2.41. The number of nitrogens with zero attached hydrogens (tertiary/aromatic N) is 2. The summed E-state index contributed by atoms with van der Waals surface area (Å²) in [5.74, 6) is -0.269. The Balaban J connectivity index is 1.63. The highest BCUT2D eigenvalue weighted by molar-refractivity contribution is 6.09. The largest absolute Gasteiger partial charge is 0.350 e. The minimum absolute atomic E-state index is 0.0360. The molecule has 1 saturated heterocycles. The highest BCUT2D eigenvalue weighted by Gasteiger charge is 2.56. The van der Waals surface area contributed by atoms with Gasteiger partial charge in [-0.25, -0.2) is 4.79 Å². The van der Waals surface area contributed by atoms with Gasteiger partial charge in [0.05, 0.1) is 0 Å². The maximum Gasteiger partial charge on any atom is 0.325 e. The van der Waals surface area contributed by atoms with Crippen molar-refractivity contribution in [2.24, 2.45) is 11.3 Å². The molecule has 4 amide bonds. The van der Waals surface area contributed by atoms with Crippen molar-refractivity contribution < 1.29 is 14.4 Å². The minimum Gasteiger partial charge on any atom is -0.350 e. The number of urea groups is 1. The van der Waals surface area contributed by atoms with Crippen molar-refractivity contribution in [2.45, 2.75) is 78.6 Å². The molecule has 1 heterocycles. The Morgan fingerprint density at radius 1 is 1.22 bits per heavy atom. The number of imide groups is 1. The SMILES string of the molecule is CC1CC(C)(C)CC2(C1)NC(=O)N(CC(=O)NCc1ccccc1CN(C)C(C)C)C2=O. The van der Waals surface area contributed by atoms with Crippen LogP contribution in [0.5, 0.6) is 0 Å². The van der Waals surface area contributed by atoms with Gasteiger partial charge in [0, 0.05) is 19.1 Å². The van der Waals surface area contributed by atoms with E-state index >= 15 is 0 Å². The molecule has 3 rings (SSSR count). The van der Waals surface area contributed by atoms with Gasteiger partial charge in [0.1, 0.15) is 12.1 Å². The lowest BCUT2D eigenvalue weighted by molar-refractivity contribution is -0.137. The average molecular weight is 443 g/mol. The smallest absolute Gasteiger partial charge is 0.325 e. The van der Waals surface area contributed by atoms with E-state index in [4.69, 9.17) is 0 Å². The molecular weight excluding hydrogens is 404 g/mol. The number of amides is 4. The summed E-state index contributed by atoms with van der Waals surface area (Å²) in [6, 6.07) is 7.96. The van der Waals surface area contributed by atoms with E-state index in [9.17, 15) is 14.4 Å². The lowest BCUT2D eigenvalue weighted by atomic mass is 9.64. The van der Waals surface area contributed by atoms with Gasteiger partial charge < -0.3 is 10.6 Å². The quantitative estimate of drug-likeness (QED) is 0.635. The second-order valence-electron chi connectivity index (χ2n) is 10.8. The maximum absolute atomic E-state index is 13.2. The second-order valence-corrected chi connectivity index (χ2v) is 10.8. The van der Waals surface area contributed by atoms with Crippen LogP contribution in [0.15, 0.2) is 24.3 Å². The normalized spacial score (nSPS) is 25.0. The number of hydrogen-bond donors (Lipinski definition) is 2. The summed E-state index contributed by atoms with van der Waals surface area (Å²) in [4.78, 5) is 41.9. The van der Waals surface area contributed by atoms with Crippen LogP contribution >= 0.6 is 0 Å². The molecule has 176 valence electrons. The van der Waals surface area contributed by atoms with Crippen LogP contribution in [-0.2, 0) is 22.7 Å². The van der Waals surface area contributed by atoms with E-state index in [0.29, 0.717) is 31.3 Å². The summed E-state index contributed by atoms with van der Waals surface area (Å²) >= 11 is 0. The van der Waals surface area contributed by atoms with E-state index in [-0.39, 0.29) is 23.8 Å². The van der Waals surface area contributed by atoms with Gasteiger partial charge in [-0.15, -0.1) is 0 Å². The fourth-order valence-electron chi connectivity index (χ4n) is 5.38. The molecule has 2 unspecified atom stereocenters. The van der Waals surface area contributed by atoms with E-state index in [0.717, 1.165) is 29.0 Å². The molecule has 0 aromatic heterocycles. The molecule has 1 aromatic carbocycles. The van der Waals surface area contributed by atoms with Crippen LogP contribution < -0.4 is 10.6 Å². The third-order valence-corrected chi connectivity index (χ3v) is 6.82. The molecular formula is C25H38N4O3. The van der Waals surface area contributed by atoms with Crippen LogP contribution in [0.1, 0.15) is 65.0 Å². The zero-order chi connectivity index (χ0) is 23.7. The van der Waals surface area contributed by atoms with Crippen molar-refractivity contribution in [3.63, 3.8) is 0 Å². The Labute approximate surface area is 191 Å². The molecule has 2 fully saturated rings. The minimum atomic E-state index is -0.882. The highest BCUT2D eigenvalue weighted by atomic mass is 16.2. The standard InChI is InChI=1S/C25H38N4O3/c1-17(2)28(6)14-20-10-8-7-9-19(20)13-26-21(30)15-29-22(31)25(27-23(29)32)12-18(3)11-24(4,5)16-25/h7-10,17-18H,11-16H2,1-6H3,(H,26,30)(H,27,32). The highest BCUT2D eigenvalue weighted by Crippen LogP contribution is 2.46. The molecule has 2 aliphatic rings. The van der Waals surface area contributed by atoms with Crippen LogP contribution in [-0.4, -0.2) is 52.8 Å². The van der Waals surface area contributed by atoms with Gasteiger partial charge in [0.15, 0.2) is 0 Å². The van der Waals surface area contributed by atoms with Gasteiger partial charge >= 0.3 is 6.03 Å². The van der Waals surface area contributed by atoms with E-state index in [2.05, 4.69) is 63.3 Å². The van der Waals surface area contributed by atoms with Crippen LogP contribution in [0.2, 0.25) is 0 Å². The van der Waals surface area contributed by atoms with Crippen LogP contribution in [0.4, 0.5) is 4.79 Å². The first kappa shape index (κ1) is 24.2. The monoisotopic (exact) mass is 442 g/mol. The first-order valence-corrected chi connectivity index (χ1v) is 11.6. The van der Waals surface area contributed by atoms with Crippen molar-refractivity contribution in [3.05, 3.63) is 35.4 Å². The second kappa shape index (κ2) is 9.22. The molecule has 2 N–H and O–H groups in total. The van der Waals surface area contributed by atoms with Gasteiger partial charge in [0.25, 0.3) is 5.91 Å². The Morgan fingerprint density at radius 2 is 1.88 bits per heavy atom. The van der Waals surface area contributed by atoms with E-state index in [1.807, 2.05) is 18.2 Å². The number of rotatable bonds is 7. The topological polar surface area (TPSA) is 81.8 Å². The first-order valence-electron chi connectivity index (χ1n) is 11.6. The van der Waals surface area contributed by atoms with Crippen molar-refractivity contribution in [1.82, 2.24) is 20.4 Å². The van der Waals surface area contributed by atoms with Crippen LogP contribution in [0.3, 0.4) is 0 Å². The number of nitrogens with one attached hydrogen (secondary N) is 2. The molecule has 7 nitrogen and oxygen atoms in total. The third kappa shape index (κ3) is 5.31. The zero-order valence-corrected chi connectivity index (χ0v) is 20.3. The Kier molecular flexibility index (Phi) is 6.98. The third-order valence-electron chi connectivity index (χ3n) is 6.82. The molecule has 32 heavy (non-hydrogen) atoms. The molecule has 7 heteroatoms. The fourth-order valence-corrected chi connectivity index (χ4v) is 5.38. The fraction of sp³-hybridized carbons (Fsp3) is 0.640. The van der Waals surface area contributed by atoms with Crippen molar-refractivity contribution in [3.8, 4) is 0 Å². The number of carbonyl (C=O) groups is 3. The average Bonchev–Trinajstić information content (AvgIpc) is 2.88. The van der Waals surface area contributed by atoms with Gasteiger partial charge in [-0.05, 0) is 62.6 Å². The van der Waals surface area contributed by atoms with Gasteiger partial charge in [-0.2, -0.15) is 0 Å². The predicted octanol–water partition coefficient (Wildman–Crippen LogP) is 3.28. The lowest BCUT2D eigenvalue weighted by Crippen LogP contribution is -2.54. The summed E-state index contributed by atoms with van der Waals surface area (Å²) in [5.41, 5.74) is 1.26. The van der Waals surface area contributed by atoms with E-state index in [1.54, 1.807) is 0 Å². The molecule has 1 spiro atoms.